The van der Waals surface area contributed by atoms with E-state index in [0.717, 1.165) is 11.1 Å². The predicted octanol–water partition coefficient (Wildman–Crippen LogP) is 7.92. The number of rotatable bonds is 5. The number of amides is 1. The number of ether oxygens (including phenoxy) is 1. The number of nitrogens with zero attached hydrogens (tertiary/aromatic N) is 4. The fourth-order valence-electron chi connectivity index (χ4n) is 5.05. The number of hydrogen-bond donors (Lipinski definition) is 1. The minimum atomic E-state index is -0.616. The molecule has 5 rings (SSSR count). The second-order valence-corrected chi connectivity index (χ2v) is 12.2. The molecule has 1 aliphatic rings. The number of fused-ring (bicyclic) bond motifs is 1. The molecule has 3 aromatic carbocycles. The van der Waals surface area contributed by atoms with Crippen molar-refractivity contribution in [2.24, 2.45) is 0 Å². The molecule has 216 valence electrons. The SMILES string of the molecule is CC(C)(C)OC(=O)N1CCN(c2c(C#N)c(NC(c3ccccc3)c3ccccc3)nc3c(F)c(Br)c(Cl)cc23)CC1. The topological polar surface area (TPSA) is 81.5 Å². The van der Waals surface area contributed by atoms with Gasteiger partial charge in [-0.3, -0.25) is 0 Å². The molecule has 0 saturated carbocycles. The molecule has 0 radical (unpaired) electrons. The van der Waals surface area contributed by atoms with E-state index in [-0.39, 0.29) is 32.4 Å². The number of hydrogen-bond acceptors (Lipinski definition) is 6. The summed E-state index contributed by atoms with van der Waals surface area (Å²) in [6.45, 7) is 7.03. The lowest BCUT2D eigenvalue weighted by atomic mass is 9.98. The Kier molecular flexibility index (Phi) is 8.58. The third kappa shape index (κ3) is 6.15. The summed E-state index contributed by atoms with van der Waals surface area (Å²) in [7, 11) is 0. The Hall–Kier alpha value is -3.87. The van der Waals surface area contributed by atoms with Crippen LogP contribution in [0.15, 0.2) is 71.2 Å². The van der Waals surface area contributed by atoms with Crippen LogP contribution >= 0.6 is 27.5 Å². The first-order valence-electron chi connectivity index (χ1n) is 13.6. The van der Waals surface area contributed by atoms with Crippen molar-refractivity contribution in [3.05, 3.63) is 98.7 Å². The van der Waals surface area contributed by atoms with Crippen molar-refractivity contribution in [1.82, 2.24) is 9.88 Å². The molecule has 0 aliphatic carbocycles. The van der Waals surface area contributed by atoms with Gasteiger partial charge in [0.2, 0.25) is 0 Å². The van der Waals surface area contributed by atoms with Crippen LogP contribution < -0.4 is 10.2 Å². The molecule has 1 N–H and O–H groups in total. The fourth-order valence-corrected chi connectivity index (χ4v) is 5.55. The lowest BCUT2D eigenvalue weighted by Crippen LogP contribution is -2.50. The number of anilines is 2. The van der Waals surface area contributed by atoms with Gasteiger partial charge < -0.3 is 19.9 Å². The van der Waals surface area contributed by atoms with Crippen molar-refractivity contribution in [3.8, 4) is 6.07 Å². The molecule has 0 bridgehead atoms. The quantitative estimate of drug-likeness (QED) is 0.221. The molecule has 7 nitrogen and oxygen atoms in total. The molecule has 2 heterocycles. The predicted molar refractivity (Wildman–Crippen MR) is 167 cm³/mol. The molecule has 42 heavy (non-hydrogen) atoms. The second-order valence-electron chi connectivity index (χ2n) is 11.0. The van der Waals surface area contributed by atoms with Crippen LogP contribution in [-0.4, -0.2) is 47.8 Å². The van der Waals surface area contributed by atoms with Gasteiger partial charge in [0.05, 0.1) is 21.2 Å². The third-order valence-corrected chi connectivity index (χ3v) is 8.30. The van der Waals surface area contributed by atoms with Crippen LogP contribution in [0, 0.1) is 17.1 Å². The molecular formula is C32H30BrClFN5O2. The fraction of sp³-hybridized carbons (Fsp3) is 0.281. The summed E-state index contributed by atoms with van der Waals surface area (Å²) in [6, 6.07) is 23.2. The maximum atomic E-state index is 15.7. The summed E-state index contributed by atoms with van der Waals surface area (Å²) in [6.07, 6.45) is -0.392. The van der Waals surface area contributed by atoms with Crippen molar-refractivity contribution in [2.75, 3.05) is 36.4 Å². The molecule has 4 aromatic rings. The van der Waals surface area contributed by atoms with E-state index in [1.807, 2.05) is 86.3 Å². The first-order chi connectivity index (χ1) is 20.1. The summed E-state index contributed by atoms with van der Waals surface area (Å²) < 4.78 is 21.4. The first kappa shape index (κ1) is 29.6. The number of nitriles is 1. The van der Waals surface area contributed by atoms with Crippen molar-refractivity contribution in [1.29, 1.82) is 5.26 Å². The van der Waals surface area contributed by atoms with Crippen LogP contribution in [-0.2, 0) is 4.74 Å². The zero-order valence-corrected chi connectivity index (χ0v) is 25.8. The van der Waals surface area contributed by atoms with Crippen molar-refractivity contribution in [3.63, 3.8) is 0 Å². The van der Waals surface area contributed by atoms with Gasteiger partial charge in [-0.2, -0.15) is 5.26 Å². The summed E-state index contributed by atoms with van der Waals surface area (Å²) >= 11 is 9.66. The maximum absolute atomic E-state index is 15.7. The average Bonchev–Trinajstić information content (AvgIpc) is 2.98. The summed E-state index contributed by atoms with van der Waals surface area (Å²) in [5.41, 5.74) is 2.17. The number of carbonyl (C=O) groups is 1. The summed E-state index contributed by atoms with van der Waals surface area (Å²) in [4.78, 5) is 21.0. The number of halogens is 3. The Morgan fingerprint density at radius 1 is 1.07 bits per heavy atom. The van der Waals surface area contributed by atoms with Gasteiger partial charge in [-0.1, -0.05) is 72.3 Å². The van der Waals surface area contributed by atoms with Gasteiger partial charge in [-0.15, -0.1) is 0 Å². The Labute approximate surface area is 258 Å². The van der Waals surface area contributed by atoms with Crippen molar-refractivity contribution in [2.45, 2.75) is 32.4 Å². The molecule has 0 unspecified atom stereocenters. The highest BCUT2D eigenvalue weighted by molar-refractivity contribution is 9.10. The number of nitrogens with one attached hydrogen (secondary N) is 1. The average molecular weight is 651 g/mol. The summed E-state index contributed by atoms with van der Waals surface area (Å²) in [5.74, 6) is -0.366. The zero-order chi connectivity index (χ0) is 30.0. The highest BCUT2D eigenvalue weighted by atomic mass is 79.9. The van der Waals surface area contributed by atoms with Crippen LogP contribution in [0.1, 0.15) is 43.5 Å². The Morgan fingerprint density at radius 2 is 1.64 bits per heavy atom. The van der Waals surface area contributed by atoms with Crippen LogP contribution in [0.4, 0.5) is 20.7 Å². The molecule has 10 heteroatoms. The monoisotopic (exact) mass is 649 g/mol. The zero-order valence-electron chi connectivity index (χ0n) is 23.5. The first-order valence-corrected chi connectivity index (χ1v) is 14.7. The molecule has 1 aliphatic heterocycles. The molecule has 1 amide bonds. The lowest BCUT2D eigenvalue weighted by molar-refractivity contribution is 0.0240. The maximum Gasteiger partial charge on any atom is 0.410 e. The Balaban J connectivity index is 1.61. The van der Waals surface area contributed by atoms with E-state index in [1.54, 1.807) is 11.0 Å². The van der Waals surface area contributed by atoms with Gasteiger partial charge in [0.25, 0.3) is 0 Å². The van der Waals surface area contributed by atoms with E-state index in [9.17, 15) is 10.1 Å². The number of piperazine rings is 1. The lowest BCUT2D eigenvalue weighted by Gasteiger charge is -2.37. The number of aromatic nitrogens is 1. The van der Waals surface area contributed by atoms with Crippen molar-refractivity contribution < 1.29 is 13.9 Å². The van der Waals surface area contributed by atoms with E-state index < -0.39 is 17.5 Å². The minimum absolute atomic E-state index is 0.0808. The van der Waals surface area contributed by atoms with Crippen LogP contribution in [0.25, 0.3) is 10.9 Å². The highest BCUT2D eigenvalue weighted by Gasteiger charge is 2.30. The van der Waals surface area contributed by atoms with E-state index in [4.69, 9.17) is 16.3 Å². The molecule has 1 saturated heterocycles. The van der Waals surface area contributed by atoms with Gasteiger partial charge >= 0.3 is 6.09 Å². The number of pyridine rings is 1. The second kappa shape index (κ2) is 12.2. The Morgan fingerprint density at radius 3 is 2.17 bits per heavy atom. The van der Waals surface area contributed by atoms with E-state index in [2.05, 4.69) is 32.3 Å². The van der Waals surface area contributed by atoms with E-state index >= 15 is 4.39 Å². The highest BCUT2D eigenvalue weighted by Crippen LogP contribution is 2.41. The van der Waals surface area contributed by atoms with Gasteiger partial charge in [0.15, 0.2) is 5.82 Å². The van der Waals surface area contributed by atoms with Crippen LogP contribution in [0.2, 0.25) is 5.02 Å². The normalized spacial score (nSPS) is 13.8. The molecule has 0 atom stereocenters. The Bertz CT molecular complexity index is 1610. The molecule has 1 aromatic heterocycles. The number of carbonyl (C=O) groups excluding carboxylic acids is 1. The molecule has 1 fully saturated rings. The van der Waals surface area contributed by atoms with E-state index in [1.165, 1.54) is 0 Å². The van der Waals surface area contributed by atoms with Gasteiger partial charge in [-0.25, -0.2) is 14.2 Å². The number of benzene rings is 3. The van der Waals surface area contributed by atoms with Gasteiger partial charge in [-0.05, 0) is 53.9 Å². The summed E-state index contributed by atoms with van der Waals surface area (Å²) in [5, 5.41) is 14.6. The largest absolute Gasteiger partial charge is 0.444 e. The van der Waals surface area contributed by atoms with E-state index in [0.29, 0.717) is 37.3 Å². The molecule has 0 spiro atoms. The van der Waals surface area contributed by atoms with Gasteiger partial charge in [0, 0.05) is 31.6 Å². The molecular weight excluding hydrogens is 621 g/mol. The minimum Gasteiger partial charge on any atom is -0.444 e. The van der Waals surface area contributed by atoms with Crippen LogP contribution in [0.3, 0.4) is 0 Å². The third-order valence-electron chi connectivity index (χ3n) is 7.00. The van der Waals surface area contributed by atoms with Gasteiger partial charge in [0.1, 0.15) is 28.6 Å². The standard InChI is InChI=1S/C32H30BrClFN5O2/c1-32(2,3)42-31(41)40-16-14-39(15-17-40)29-22-18-24(34)25(33)26(35)28(22)38-30(23(29)19-36)37-27(20-10-6-4-7-11-20)21-12-8-5-9-13-21/h4-13,18,27H,14-17H2,1-3H3,(H,37,38). The van der Waals surface area contributed by atoms with Crippen LogP contribution in [0.5, 0.6) is 0 Å². The van der Waals surface area contributed by atoms with Crippen molar-refractivity contribution >= 4 is 56.0 Å². The smallest absolute Gasteiger partial charge is 0.410 e.